The number of thiazole rings is 1. The van der Waals surface area contributed by atoms with Gasteiger partial charge in [0.2, 0.25) is 0 Å². The van der Waals surface area contributed by atoms with Crippen molar-refractivity contribution in [1.82, 2.24) is 9.47 Å². The van der Waals surface area contributed by atoms with Gasteiger partial charge in [-0.2, -0.15) is 5.26 Å². The molecule has 0 atom stereocenters. The van der Waals surface area contributed by atoms with Gasteiger partial charge in [-0.15, -0.1) is 11.3 Å². The van der Waals surface area contributed by atoms with Crippen molar-refractivity contribution in [1.29, 1.82) is 5.26 Å². The van der Waals surface area contributed by atoms with Crippen LogP contribution in [0.5, 0.6) is 0 Å². The largest absolute Gasteiger partial charge is 0.378 e. The van der Waals surface area contributed by atoms with Gasteiger partial charge < -0.3 is 9.64 Å². The van der Waals surface area contributed by atoms with Crippen molar-refractivity contribution in [2.24, 2.45) is 0 Å². The molecule has 0 unspecified atom stereocenters. The molecule has 1 aromatic heterocycles. The van der Waals surface area contributed by atoms with Gasteiger partial charge in [-0.1, -0.05) is 31.2 Å². The van der Waals surface area contributed by atoms with E-state index in [4.69, 9.17) is 4.74 Å². The van der Waals surface area contributed by atoms with Gasteiger partial charge in [-0.3, -0.25) is 14.2 Å². The van der Waals surface area contributed by atoms with Crippen LogP contribution in [0.2, 0.25) is 0 Å². The maximum Gasteiger partial charge on any atom is 0.273 e. The summed E-state index contributed by atoms with van der Waals surface area (Å²) in [4.78, 5) is 28.1. The van der Waals surface area contributed by atoms with Crippen LogP contribution in [0.1, 0.15) is 18.1 Å². The number of amides is 1. The van der Waals surface area contributed by atoms with Gasteiger partial charge in [0.1, 0.15) is 16.5 Å². The van der Waals surface area contributed by atoms with Crippen LogP contribution in [-0.4, -0.2) is 41.7 Å². The van der Waals surface area contributed by atoms with Gasteiger partial charge in [0, 0.05) is 13.1 Å². The van der Waals surface area contributed by atoms with Crippen molar-refractivity contribution >= 4 is 28.9 Å². The molecule has 1 aliphatic rings. The molecule has 0 N–H and O–H groups in total. The molecule has 2 heterocycles. The van der Waals surface area contributed by atoms with Crippen LogP contribution < -0.4 is 14.8 Å². The molecule has 168 valence electrons. The second kappa shape index (κ2) is 9.94. The molecule has 0 saturated carbocycles. The summed E-state index contributed by atoms with van der Waals surface area (Å²) in [6.45, 7) is 3.60. The lowest BCUT2D eigenvalue weighted by Gasteiger charge is -2.26. The molecular formula is C25H22FN3O3S. The number of nitrogens with zero attached hydrogens (tertiary/aromatic N) is 3. The number of ether oxygens (including phenoxy) is 1. The van der Waals surface area contributed by atoms with Crippen LogP contribution in [0.15, 0.2) is 53.3 Å². The minimum absolute atomic E-state index is 0.121. The number of halogens is 1. The summed E-state index contributed by atoms with van der Waals surface area (Å²) in [6.07, 6.45) is 2.65. The zero-order chi connectivity index (χ0) is 23.4. The molecule has 3 aromatic rings. The second-order valence-electron chi connectivity index (χ2n) is 7.52. The standard InChI is InChI=1S/C25H22FN3O3S/c1-2-17-3-5-18(6-4-17)15-22-24(31)29(20-9-7-19(26)8-10-20)25(33-22)21(16-27)23(30)28-11-13-32-14-12-28/h3-10,15H,2,11-14H2,1H3/b22-15-,25-21-. The number of hydrogen-bond acceptors (Lipinski definition) is 5. The highest BCUT2D eigenvalue weighted by molar-refractivity contribution is 7.07. The van der Waals surface area contributed by atoms with Crippen molar-refractivity contribution in [3.63, 3.8) is 0 Å². The molecule has 8 heteroatoms. The number of morpholine rings is 1. The number of aryl methyl sites for hydroxylation is 1. The van der Waals surface area contributed by atoms with E-state index in [9.17, 15) is 19.2 Å². The fourth-order valence-corrected chi connectivity index (χ4v) is 4.68. The quantitative estimate of drug-likeness (QED) is 0.593. The van der Waals surface area contributed by atoms with Crippen molar-refractivity contribution in [3.8, 4) is 11.8 Å². The van der Waals surface area contributed by atoms with E-state index in [1.165, 1.54) is 34.4 Å². The highest BCUT2D eigenvalue weighted by Gasteiger charge is 2.24. The third-order valence-corrected chi connectivity index (χ3v) is 6.52. The van der Waals surface area contributed by atoms with E-state index in [1.54, 1.807) is 11.0 Å². The summed E-state index contributed by atoms with van der Waals surface area (Å²) in [5.74, 6) is -0.892. The highest BCUT2D eigenvalue weighted by atomic mass is 32.1. The van der Waals surface area contributed by atoms with E-state index in [0.29, 0.717) is 36.5 Å². The molecule has 0 bridgehead atoms. The van der Waals surface area contributed by atoms with Crippen molar-refractivity contribution < 1.29 is 13.9 Å². The third kappa shape index (κ3) is 4.80. The normalized spacial score (nSPS) is 15.3. The molecule has 0 radical (unpaired) electrons. The highest BCUT2D eigenvalue weighted by Crippen LogP contribution is 2.10. The lowest BCUT2D eigenvalue weighted by atomic mass is 10.1. The van der Waals surface area contributed by atoms with Crippen molar-refractivity contribution in [2.45, 2.75) is 13.3 Å². The number of carbonyl (C=O) groups excluding carboxylic acids is 1. The predicted molar refractivity (Wildman–Crippen MR) is 125 cm³/mol. The molecule has 1 aliphatic heterocycles. The van der Waals surface area contributed by atoms with E-state index in [-0.39, 0.29) is 15.8 Å². The molecule has 0 spiro atoms. The maximum atomic E-state index is 13.5. The van der Waals surface area contributed by atoms with Gasteiger partial charge in [0.05, 0.1) is 23.4 Å². The van der Waals surface area contributed by atoms with Gasteiger partial charge >= 0.3 is 0 Å². The van der Waals surface area contributed by atoms with Crippen LogP contribution in [0.3, 0.4) is 0 Å². The Morgan fingerprint density at radius 3 is 2.42 bits per heavy atom. The Morgan fingerprint density at radius 1 is 1.15 bits per heavy atom. The molecule has 6 nitrogen and oxygen atoms in total. The Kier molecular flexibility index (Phi) is 6.82. The van der Waals surface area contributed by atoms with Gasteiger partial charge in [-0.25, -0.2) is 4.39 Å². The number of nitriles is 1. The first-order valence-corrected chi connectivity index (χ1v) is 11.4. The fourth-order valence-electron chi connectivity index (χ4n) is 3.59. The van der Waals surface area contributed by atoms with Crippen molar-refractivity contribution in [3.05, 3.63) is 85.0 Å². The smallest absolute Gasteiger partial charge is 0.273 e. The molecule has 0 aliphatic carbocycles. The molecule has 1 saturated heterocycles. The molecular weight excluding hydrogens is 441 g/mol. The molecule has 1 fully saturated rings. The zero-order valence-corrected chi connectivity index (χ0v) is 18.9. The summed E-state index contributed by atoms with van der Waals surface area (Å²) < 4.78 is 20.7. The third-order valence-electron chi connectivity index (χ3n) is 5.43. The van der Waals surface area contributed by atoms with Crippen LogP contribution in [0.4, 0.5) is 4.39 Å². The summed E-state index contributed by atoms with van der Waals surface area (Å²) in [6, 6.07) is 15.2. The van der Waals surface area contributed by atoms with E-state index >= 15 is 0 Å². The summed E-state index contributed by atoms with van der Waals surface area (Å²) >= 11 is 1.08. The Morgan fingerprint density at radius 2 is 1.82 bits per heavy atom. The average molecular weight is 464 g/mol. The van der Waals surface area contributed by atoms with Crippen molar-refractivity contribution in [2.75, 3.05) is 26.3 Å². The zero-order valence-electron chi connectivity index (χ0n) is 18.1. The number of benzene rings is 2. The van der Waals surface area contributed by atoms with E-state index < -0.39 is 11.7 Å². The molecule has 2 aromatic carbocycles. The lowest BCUT2D eigenvalue weighted by molar-refractivity contribution is -0.128. The SMILES string of the molecule is CCc1ccc(/C=c2\s/c(=C(/C#N)C(=O)N3CCOCC3)n(-c3ccc(F)cc3)c2=O)cc1. The maximum absolute atomic E-state index is 13.5. The first-order valence-electron chi connectivity index (χ1n) is 10.6. The minimum Gasteiger partial charge on any atom is -0.378 e. The monoisotopic (exact) mass is 463 g/mol. The topological polar surface area (TPSA) is 75.3 Å². The van der Waals surface area contributed by atoms with Crippen LogP contribution >= 0.6 is 11.3 Å². The molecule has 4 rings (SSSR count). The number of aromatic nitrogens is 1. The number of hydrogen-bond donors (Lipinski definition) is 0. The van der Waals surface area contributed by atoms with Gasteiger partial charge in [0.15, 0.2) is 5.57 Å². The van der Waals surface area contributed by atoms with E-state index in [0.717, 1.165) is 23.3 Å². The number of carbonyl (C=O) groups is 1. The van der Waals surface area contributed by atoms with Crippen LogP contribution in [0, 0.1) is 17.1 Å². The Bertz CT molecular complexity index is 1380. The first kappa shape index (κ1) is 22.6. The average Bonchev–Trinajstić information content (AvgIpc) is 3.16. The van der Waals surface area contributed by atoms with Gasteiger partial charge in [0.25, 0.3) is 11.5 Å². The fraction of sp³-hybridized carbons (Fsp3) is 0.240. The van der Waals surface area contributed by atoms with Crippen LogP contribution in [-0.2, 0) is 16.0 Å². The van der Waals surface area contributed by atoms with E-state index in [2.05, 4.69) is 6.92 Å². The lowest BCUT2D eigenvalue weighted by Crippen LogP contribution is -2.42. The Hall–Kier alpha value is -3.54. The second-order valence-corrected chi connectivity index (χ2v) is 8.55. The summed E-state index contributed by atoms with van der Waals surface area (Å²) in [5.41, 5.74) is 1.91. The van der Waals surface area contributed by atoms with E-state index in [1.807, 2.05) is 30.3 Å². The van der Waals surface area contributed by atoms with Crippen LogP contribution in [0.25, 0.3) is 17.3 Å². The van der Waals surface area contributed by atoms with Gasteiger partial charge in [-0.05, 0) is 47.9 Å². The summed E-state index contributed by atoms with van der Waals surface area (Å²) in [5, 5.41) is 9.90. The Balaban J connectivity index is 1.95. The number of rotatable bonds is 4. The summed E-state index contributed by atoms with van der Waals surface area (Å²) in [7, 11) is 0. The Labute approximate surface area is 194 Å². The molecule has 1 amide bonds. The first-order chi connectivity index (χ1) is 16.0. The molecule has 33 heavy (non-hydrogen) atoms. The predicted octanol–water partition coefficient (Wildman–Crippen LogP) is 1.96. The minimum atomic E-state index is -0.447.